The fourth-order valence-corrected chi connectivity index (χ4v) is 2.30. The Kier molecular flexibility index (Phi) is 3.92. The summed E-state index contributed by atoms with van der Waals surface area (Å²) in [4.78, 5) is 0. The maximum Gasteiger partial charge on any atom is 0.416 e. The molecule has 0 radical (unpaired) electrons. The van der Waals surface area contributed by atoms with Gasteiger partial charge in [-0.3, -0.25) is 0 Å². The summed E-state index contributed by atoms with van der Waals surface area (Å²) in [5, 5.41) is 3.10. The number of likely N-dealkylation sites (N-methyl/N-ethyl adjacent to an activating group) is 1. The van der Waals surface area contributed by atoms with Crippen molar-refractivity contribution in [3.8, 4) is 0 Å². The highest BCUT2D eigenvalue weighted by Gasteiger charge is 2.32. The average Bonchev–Trinajstić information content (AvgIpc) is 2.38. The first kappa shape index (κ1) is 13.4. The molecule has 0 amide bonds. The van der Waals surface area contributed by atoms with Gasteiger partial charge in [-0.1, -0.05) is 12.1 Å². The molecule has 1 N–H and O–H groups in total. The second-order valence-electron chi connectivity index (χ2n) is 4.45. The number of alkyl halides is 3. The third-order valence-corrected chi connectivity index (χ3v) is 3.24. The summed E-state index contributed by atoms with van der Waals surface area (Å²) in [6.07, 6.45) is -2.76. The van der Waals surface area contributed by atoms with Crippen LogP contribution in [0.1, 0.15) is 30.1 Å². The fraction of sp³-hybridized carbons (Fsp3) is 0.538. The van der Waals surface area contributed by atoms with E-state index in [0.29, 0.717) is 12.2 Å². The van der Waals surface area contributed by atoms with Gasteiger partial charge < -0.3 is 10.1 Å². The van der Waals surface area contributed by atoms with Gasteiger partial charge in [-0.05, 0) is 37.6 Å². The van der Waals surface area contributed by atoms with E-state index in [-0.39, 0.29) is 12.1 Å². The maximum absolute atomic E-state index is 12.7. The van der Waals surface area contributed by atoms with Crippen LogP contribution in [0.5, 0.6) is 0 Å². The number of hydrogen-bond acceptors (Lipinski definition) is 2. The number of benzene rings is 1. The Morgan fingerprint density at radius 1 is 1.33 bits per heavy atom. The van der Waals surface area contributed by atoms with Gasteiger partial charge in [0.15, 0.2) is 0 Å². The Balaban J connectivity index is 2.27. The molecule has 0 aromatic heterocycles. The van der Waals surface area contributed by atoms with Gasteiger partial charge in [0.25, 0.3) is 0 Å². The minimum atomic E-state index is -4.31. The molecule has 100 valence electrons. The number of rotatable bonds is 2. The first-order valence-corrected chi connectivity index (χ1v) is 5.98. The van der Waals surface area contributed by atoms with Crippen molar-refractivity contribution in [3.05, 3.63) is 35.4 Å². The van der Waals surface area contributed by atoms with E-state index in [2.05, 4.69) is 5.32 Å². The van der Waals surface area contributed by atoms with E-state index in [1.807, 2.05) is 0 Å². The van der Waals surface area contributed by atoms with Gasteiger partial charge in [0, 0.05) is 12.6 Å². The van der Waals surface area contributed by atoms with Gasteiger partial charge in [0.05, 0.1) is 11.7 Å². The second-order valence-corrected chi connectivity index (χ2v) is 4.45. The lowest BCUT2D eigenvalue weighted by Gasteiger charge is -2.32. The molecule has 1 heterocycles. The van der Waals surface area contributed by atoms with E-state index >= 15 is 0 Å². The molecule has 1 aromatic rings. The summed E-state index contributed by atoms with van der Waals surface area (Å²) >= 11 is 0. The Bertz CT molecular complexity index is 405. The molecule has 2 rings (SSSR count). The minimum absolute atomic E-state index is 0.0715. The first-order chi connectivity index (χ1) is 8.52. The molecular formula is C13H16F3NO. The van der Waals surface area contributed by atoms with E-state index in [1.54, 1.807) is 13.1 Å². The van der Waals surface area contributed by atoms with Crippen molar-refractivity contribution in [2.45, 2.75) is 31.2 Å². The zero-order valence-corrected chi connectivity index (χ0v) is 10.1. The summed E-state index contributed by atoms with van der Waals surface area (Å²) < 4.78 is 43.6. The molecule has 2 atom stereocenters. The van der Waals surface area contributed by atoms with Crippen LogP contribution in [0.15, 0.2) is 24.3 Å². The molecule has 5 heteroatoms. The first-order valence-electron chi connectivity index (χ1n) is 5.98. The molecule has 0 saturated carbocycles. The molecule has 1 aliphatic rings. The number of ether oxygens (including phenoxy) is 1. The molecule has 0 spiro atoms. The number of nitrogens with one attached hydrogen (secondary N) is 1. The smallest absolute Gasteiger partial charge is 0.372 e. The largest absolute Gasteiger partial charge is 0.416 e. The van der Waals surface area contributed by atoms with Crippen LogP contribution in [-0.4, -0.2) is 19.7 Å². The molecule has 1 aromatic carbocycles. The molecule has 2 unspecified atom stereocenters. The van der Waals surface area contributed by atoms with Crippen LogP contribution in [0.4, 0.5) is 13.2 Å². The highest BCUT2D eigenvalue weighted by Crippen LogP contribution is 2.34. The van der Waals surface area contributed by atoms with Crippen LogP contribution in [0.3, 0.4) is 0 Å². The zero-order valence-electron chi connectivity index (χ0n) is 10.1. The van der Waals surface area contributed by atoms with E-state index < -0.39 is 11.7 Å². The van der Waals surface area contributed by atoms with Crippen molar-refractivity contribution in [3.63, 3.8) is 0 Å². The van der Waals surface area contributed by atoms with Crippen molar-refractivity contribution in [1.82, 2.24) is 5.32 Å². The third kappa shape index (κ3) is 2.84. The zero-order chi connectivity index (χ0) is 13.2. The van der Waals surface area contributed by atoms with Crippen LogP contribution in [0, 0.1) is 0 Å². The van der Waals surface area contributed by atoms with E-state index in [9.17, 15) is 13.2 Å². The molecule has 1 saturated heterocycles. The van der Waals surface area contributed by atoms with E-state index in [4.69, 9.17) is 4.74 Å². The third-order valence-electron chi connectivity index (χ3n) is 3.24. The SMILES string of the molecule is CNC1CCCOC1c1cccc(C(F)(F)F)c1. The lowest BCUT2D eigenvalue weighted by molar-refractivity contribution is -0.137. The molecule has 0 aliphatic carbocycles. The van der Waals surface area contributed by atoms with Gasteiger partial charge in [0.1, 0.15) is 0 Å². The summed E-state index contributed by atoms with van der Waals surface area (Å²) in [5.74, 6) is 0. The standard InChI is InChI=1S/C13H16F3NO/c1-17-11-6-3-7-18-12(11)9-4-2-5-10(8-9)13(14,15)16/h2,4-5,8,11-12,17H,3,6-7H2,1H3. The van der Waals surface area contributed by atoms with Crippen molar-refractivity contribution < 1.29 is 17.9 Å². The van der Waals surface area contributed by atoms with Crippen LogP contribution in [-0.2, 0) is 10.9 Å². The van der Waals surface area contributed by atoms with E-state index in [1.165, 1.54) is 12.1 Å². The summed E-state index contributed by atoms with van der Waals surface area (Å²) in [6.45, 7) is 0.596. The predicted molar refractivity (Wildman–Crippen MR) is 62.2 cm³/mol. The lowest BCUT2D eigenvalue weighted by Crippen LogP contribution is -2.37. The molecule has 0 bridgehead atoms. The monoisotopic (exact) mass is 259 g/mol. The van der Waals surface area contributed by atoms with Crippen molar-refractivity contribution in [2.24, 2.45) is 0 Å². The highest BCUT2D eigenvalue weighted by molar-refractivity contribution is 5.28. The highest BCUT2D eigenvalue weighted by atomic mass is 19.4. The van der Waals surface area contributed by atoms with Gasteiger partial charge in [-0.2, -0.15) is 13.2 Å². The summed E-state index contributed by atoms with van der Waals surface area (Å²) in [6, 6.07) is 5.46. The molecule has 2 nitrogen and oxygen atoms in total. The van der Waals surface area contributed by atoms with Crippen LogP contribution in [0.2, 0.25) is 0 Å². The van der Waals surface area contributed by atoms with Gasteiger partial charge >= 0.3 is 6.18 Å². The normalized spacial score (nSPS) is 25.1. The van der Waals surface area contributed by atoms with Crippen LogP contribution < -0.4 is 5.32 Å². The Morgan fingerprint density at radius 2 is 2.11 bits per heavy atom. The maximum atomic E-state index is 12.7. The molecular weight excluding hydrogens is 243 g/mol. The van der Waals surface area contributed by atoms with Crippen LogP contribution in [0.25, 0.3) is 0 Å². The molecule has 1 fully saturated rings. The van der Waals surface area contributed by atoms with Gasteiger partial charge in [0.2, 0.25) is 0 Å². The quantitative estimate of drug-likeness (QED) is 0.881. The lowest BCUT2D eigenvalue weighted by atomic mass is 9.95. The number of halogens is 3. The Morgan fingerprint density at radius 3 is 2.78 bits per heavy atom. The van der Waals surface area contributed by atoms with E-state index in [0.717, 1.165) is 18.9 Å². The average molecular weight is 259 g/mol. The van der Waals surface area contributed by atoms with Gasteiger partial charge in [-0.25, -0.2) is 0 Å². The topological polar surface area (TPSA) is 21.3 Å². The molecule has 1 aliphatic heterocycles. The van der Waals surface area contributed by atoms with Crippen LogP contribution >= 0.6 is 0 Å². The van der Waals surface area contributed by atoms with Crippen molar-refractivity contribution in [1.29, 1.82) is 0 Å². The summed E-state index contributed by atoms with van der Waals surface area (Å²) in [7, 11) is 1.81. The number of hydrogen-bond donors (Lipinski definition) is 1. The van der Waals surface area contributed by atoms with Crippen molar-refractivity contribution in [2.75, 3.05) is 13.7 Å². The Hall–Kier alpha value is -1.07. The van der Waals surface area contributed by atoms with Crippen molar-refractivity contribution >= 4 is 0 Å². The molecule has 18 heavy (non-hydrogen) atoms. The van der Waals surface area contributed by atoms with Gasteiger partial charge in [-0.15, -0.1) is 0 Å². The Labute approximate surface area is 104 Å². The summed E-state index contributed by atoms with van der Waals surface area (Å²) in [5.41, 5.74) is -0.0344. The fourth-order valence-electron chi connectivity index (χ4n) is 2.30. The second kappa shape index (κ2) is 5.28. The minimum Gasteiger partial charge on any atom is -0.372 e. The predicted octanol–water partition coefficient (Wildman–Crippen LogP) is 3.14.